The van der Waals surface area contributed by atoms with Crippen molar-refractivity contribution in [1.82, 2.24) is 9.97 Å². The maximum absolute atomic E-state index is 11.7. The molecule has 0 unspecified atom stereocenters. The van der Waals surface area contributed by atoms with Crippen molar-refractivity contribution in [2.45, 2.75) is 0 Å². The summed E-state index contributed by atoms with van der Waals surface area (Å²) in [7, 11) is 0. The minimum atomic E-state index is -0.542. The van der Waals surface area contributed by atoms with Gasteiger partial charge in [0.25, 0.3) is 0 Å². The lowest BCUT2D eigenvalue weighted by molar-refractivity contribution is 0.100. The summed E-state index contributed by atoms with van der Waals surface area (Å²) in [4.78, 5) is 30.9. The second-order valence-corrected chi connectivity index (χ2v) is 5.00. The number of rotatable bonds is 3. The molecule has 3 aromatic rings. The van der Waals surface area contributed by atoms with Gasteiger partial charge in [-0.05, 0) is 12.1 Å². The number of nitrogens with one attached hydrogen (secondary N) is 1. The number of pyridine rings is 1. The highest BCUT2D eigenvalue weighted by molar-refractivity contribution is 7.17. The van der Waals surface area contributed by atoms with Crippen molar-refractivity contribution < 1.29 is 9.59 Å². The Kier molecular flexibility index (Phi) is 2.64. The van der Waals surface area contributed by atoms with Crippen molar-refractivity contribution in [3.8, 4) is 10.4 Å². The first kappa shape index (κ1) is 11.6. The molecule has 0 bridgehead atoms. The Morgan fingerprint density at radius 2 is 2.32 bits per heavy atom. The molecule has 19 heavy (non-hydrogen) atoms. The first-order valence-electron chi connectivity index (χ1n) is 5.43. The zero-order valence-corrected chi connectivity index (χ0v) is 10.5. The Bertz CT molecular complexity index is 788. The number of nitrogens with zero attached hydrogens (tertiary/aromatic N) is 1. The van der Waals surface area contributed by atoms with E-state index >= 15 is 0 Å². The minimum Gasteiger partial charge on any atom is -0.366 e. The number of aromatic nitrogens is 2. The number of fused-ring (bicyclic) bond motifs is 1. The second-order valence-electron chi connectivity index (χ2n) is 3.89. The molecule has 1 amide bonds. The normalized spacial score (nSPS) is 10.7. The molecule has 93 valence electrons. The first-order chi connectivity index (χ1) is 9.20. The van der Waals surface area contributed by atoms with Crippen molar-refractivity contribution in [3.63, 3.8) is 0 Å². The Labute approximate surface area is 112 Å². The SMILES string of the molecule is NC(=O)c1c(-c2ccc(C=O)s2)cnc2[nH]c[c]c12. The monoisotopic (exact) mass is 270 g/mol. The molecule has 0 fully saturated rings. The van der Waals surface area contributed by atoms with Crippen LogP contribution in [0.4, 0.5) is 0 Å². The molecular weight excluding hydrogens is 262 g/mol. The van der Waals surface area contributed by atoms with Gasteiger partial charge in [0.2, 0.25) is 5.91 Å². The van der Waals surface area contributed by atoms with E-state index in [0.29, 0.717) is 27.0 Å². The van der Waals surface area contributed by atoms with E-state index in [-0.39, 0.29) is 0 Å². The lowest BCUT2D eigenvalue weighted by Gasteiger charge is -2.05. The summed E-state index contributed by atoms with van der Waals surface area (Å²) < 4.78 is 0. The number of carbonyl (C=O) groups excluding carboxylic acids is 2. The summed E-state index contributed by atoms with van der Waals surface area (Å²) in [6.45, 7) is 0. The van der Waals surface area contributed by atoms with Crippen molar-refractivity contribution in [1.29, 1.82) is 0 Å². The van der Waals surface area contributed by atoms with Crippen LogP contribution in [0.25, 0.3) is 21.5 Å². The number of nitrogens with two attached hydrogens (primary N) is 1. The van der Waals surface area contributed by atoms with E-state index in [4.69, 9.17) is 5.73 Å². The number of carbonyl (C=O) groups is 2. The second kappa shape index (κ2) is 4.33. The van der Waals surface area contributed by atoms with E-state index in [0.717, 1.165) is 11.2 Å². The third-order valence-electron chi connectivity index (χ3n) is 2.76. The van der Waals surface area contributed by atoms with Crippen LogP contribution in [0.2, 0.25) is 0 Å². The lowest BCUT2D eigenvalue weighted by atomic mass is 10.1. The van der Waals surface area contributed by atoms with Crippen molar-refractivity contribution >= 4 is 34.6 Å². The summed E-state index contributed by atoms with van der Waals surface area (Å²) in [5.74, 6) is -0.542. The fourth-order valence-electron chi connectivity index (χ4n) is 1.94. The van der Waals surface area contributed by atoms with Crippen LogP contribution in [0.5, 0.6) is 0 Å². The molecule has 0 atom stereocenters. The van der Waals surface area contributed by atoms with E-state index in [2.05, 4.69) is 16.0 Å². The number of thiophene rings is 1. The smallest absolute Gasteiger partial charge is 0.250 e. The quantitative estimate of drug-likeness (QED) is 0.713. The highest BCUT2D eigenvalue weighted by Gasteiger charge is 2.17. The molecule has 3 N–H and O–H groups in total. The van der Waals surface area contributed by atoms with Crippen LogP contribution in [0.15, 0.2) is 24.5 Å². The summed E-state index contributed by atoms with van der Waals surface area (Å²) in [5.41, 5.74) is 7.00. The number of primary amides is 1. The third-order valence-corrected chi connectivity index (χ3v) is 3.80. The molecule has 0 saturated carbocycles. The predicted octanol–water partition coefficient (Wildman–Crippen LogP) is 2.00. The van der Waals surface area contributed by atoms with Gasteiger partial charge in [-0.1, -0.05) is 0 Å². The molecule has 3 heterocycles. The van der Waals surface area contributed by atoms with Gasteiger partial charge in [0.15, 0.2) is 6.29 Å². The van der Waals surface area contributed by atoms with Crippen LogP contribution < -0.4 is 5.73 Å². The van der Waals surface area contributed by atoms with E-state index in [9.17, 15) is 9.59 Å². The standard InChI is InChI=1S/C13H8N3O2S/c14-12(18)11-8-3-4-15-13(8)16-5-9(11)10-2-1-7(6-17)19-10/h1-2,4-6H,(H2,14,18)(H,15,16). The van der Waals surface area contributed by atoms with E-state index in [1.807, 2.05) is 0 Å². The van der Waals surface area contributed by atoms with Gasteiger partial charge >= 0.3 is 0 Å². The fraction of sp³-hybridized carbons (Fsp3) is 0. The van der Waals surface area contributed by atoms with Crippen LogP contribution in [0.1, 0.15) is 20.0 Å². The fourth-order valence-corrected chi connectivity index (χ4v) is 2.78. The number of hydrogen-bond acceptors (Lipinski definition) is 4. The number of H-pyrrole nitrogens is 1. The summed E-state index contributed by atoms with van der Waals surface area (Å²) in [5, 5.41) is 0.561. The summed E-state index contributed by atoms with van der Waals surface area (Å²) >= 11 is 1.29. The van der Waals surface area contributed by atoms with Gasteiger partial charge in [-0.3, -0.25) is 9.59 Å². The molecular formula is C13H8N3O2S. The molecule has 0 spiro atoms. The zero-order chi connectivity index (χ0) is 13.4. The van der Waals surface area contributed by atoms with Crippen LogP contribution in [0, 0.1) is 6.07 Å². The van der Waals surface area contributed by atoms with Gasteiger partial charge < -0.3 is 10.7 Å². The molecule has 1 radical (unpaired) electrons. The highest BCUT2D eigenvalue weighted by atomic mass is 32.1. The van der Waals surface area contributed by atoms with Crippen LogP contribution in [-0.2, 0) is 0 Å². The van der Waals surface area contributed by atoms with Gasteiger partial charge in [-0.15, -0.1) is 11.3 Å². The zero-order valence-electron chi connectivity index (χ0n) is 9.64. The van der Waals surface area contributed by atoms with Gasteiger partial charge in [0.1, 0.15) is 5.65 Å². The first-order valence-corrected chi connectivity index (χ1v) is 6.25. The third kappa shape index (κ3) is 1.82. The van der Waals surface area contributed by atoms with Crippen LogP contribution in [0.3, 0.4) is 0 Å². The molecule has 0 saturated heterocycles. The minimum absolute atomic E-state index is 0.366. The average Bonchev–Trinajstić information content (AvgIpc) is 3.05. The lowest BCUT2D eigenvalue weighted by Crippen LogP contribution is -2.13. The van der Waals surface area contributed by atoms with Gasteiger partial charge in [-0.2, -0.15) is 0 Å². The molecule has 3 rings (SSSR count). The van der Waals surface area contributed by atoms with Gasteiger partial charge in [0, 0.05) is 34.3 Å². The molecule has 6 heteroatoms. The molecule has 3 aromatic heterocycles. The molecule has 0 aromatic carbocycles. The molecule has 0 aliphatic rings. The Morgan fingerprint density at radius 3 is 3.00 bits per heavy atom. The topological polar surface area (TPSA) is 88.8 Å². The van der Waals surface area contributed by atoms with Gasteiger partial charge in [0.05, 0.1) is 10.4 Å². The summed E-state index contributed by atoms with van der Waals surface area (Å²) in [6.07, 6.45) is 3.93. The maximum atomic E-state index is 11.7. The largest absolute Gasteiger partial charge is 0.366 e. The van der Waals surface area contributed by atoms with Gasteiger partial charge in [-0.25, -0.2) is 4.98 Å². The Balaban J connectivity index is 2.30. The van der Waals surface area contributed by atoms with Crippen molar-refractivity contribution in [3.05, 3.63) is 41.0 Å². The number of hydrogen-bond donors (Lipinski definition) is 2. The summed E-state index contributed by atoms with van der Waals surface area (Å²) in [6, 6.07) is 6.39. The van der Waals surface area contributed by atoms with Crippen LogP contribution in [-0.4, -0.2) is 22.2 Å². The number of aromatic amines is 1. The highest BCUT2D eigenvalue weighted by Crippen LogP contribution is 2.32. The van der Waals surface area contributed by atoms with E-state index in [1.165, 1.54) is 11.3 Å². The van der Waals surface area contributed by atoms with Crippen LogP contribution >= 0.6 is 11.3 Å². The Morgan fingerprint density at radius 1 is 1.47 bits per heavy atom. The van der Waals surface area contributed by atoms with E-state index < -0.39 is 5.91 Å². The molecule has 0 aliphatic carbocycles. The number of aldehydes is 1. The predicted molar refractivity (Wildman–Crippen MR) is 72.1 cm³/mol. The van der Waals surface area contributed by atoms with Crippen molar-refractivity contribution in [2.75, 3.05) is 0 Å². The van der Waals surface area contributed by atoms with E-state index in [1.54, 1.807) is 24.5 Å². The Hall–Kier alpha value is -2.47. The number of amides is 1. The van der Waals surface area contributed by atoms with Crippen molar-refractivity contribution in [2.24, 2.45) is 5.73 Å². The average molecular weight is 270 g/mol. The molecule has 0 aliphatic heterocycles. The maximum Gasteiger partial charge on any atom is 0.250 e. The molecule has 5 nitrogen and oxygen atoms in total.